The summed E-state index contributed by atoms with van der Waals surface area (Å²) in [6.45, 7) is 4.04. The molecule has 0 fully saturated rings. The SMILES string of the molecule is CCc1cc2c(cc1C)C(=O)/C(=C\c1cc3sc(C#Cc4ccccc4)nc3n1-c1ccccc1)C2=O. The number of Topliss-reactive ketones (excluding diaryl/α,β-unsaturated/α-hetero) is 2. The number of fused-ring (bicyclic) bond motifs is 2. The summed E-state index contributed by atoms with van der Waals surface area (Å²) in [7, 11) is 0. The molecular formula is C32H22N2O2S. The summed E-state index contributed by atoms with van der Waals surface area (Å²) in [6.07, 6.45) is 2.52. The molecule has 37 heavy (non-hydrogen) atoms. The smallest absolute Gasteiger partial charge is 0.197 e. The van der Waals surface area contributed by atoms with Crippen LogP contribution in [0.25, 0.3) is 22.1 Å². The quantitative estimate of drug-likeness (QED) is 0.156. The van der Waals surface area contributed by atoms with E-state index in [4.69, 9.17) is 4.98 Å². The second kappa shape index (κ2) is 9.16. The lowest BCUT2D eigenvalue weighted by Gasteiger charge is -2.07. The van der Waals surface area contributed by atoms with Crippen molar-refractivity contribution in [2.75, 3.05) is 0 Å². The summed E-state index contributed by atoms with van der Waals surface area (Å²) in [4.78, 5) is 31.5. The van der Waals surface area contributed by atoms with Crippen LogP contribution in [-0.4, -0.2) is 21.1 Å². The maximum Gasteiger partial charge on any atom is 0.197 e. The Balaban J connectivity index is 1.47. The van der Waals surface area contributed by atoms with E-state index in [0.717, 1.165) is 44.8 Å². The minimum atomic E-state index is -0.225. The standard InChI is InChI=1S/C32H22N2O2S/c1-3-22-17-26-25(16-20(22)2)30(35)27(31(26)36)18-24-19-28-32(34(24)23-12-8-5-9-13-23)33-29(37-28)15-14-21-10-6-4-7-11-21/h4-13,16-19H,3H2,1-2H3/b27-18+. The largest absolute Gasteiger partial charge is 0.294 e. The van der Waals surface area contributed by atoms with Crippen molar-refractivity contribution in [2.45, 2.75) is 20.3 Å². The number of carbonyl (C=O) groups is 2. The average molecular weight is 499 g/mol. The fourth-order valence-electron chi connectivity index (χ4n) is 4.74. The zero-order valence-corrected chi connectivity index (χ0v) is 21.2. The van der Waals surface area contributed by atoms with Gasteiger partial charge in [-0.25, -0.2) is 4.98 Å². The van der Waals surface area contributed by atoms with Crippen molar-refractivity contribution in [3.05, 3.63) is 123 Å². The molecule has 1 aliphatic rings. The number of benzene rings is 3. The first kappa shape index (κ1) is 22.9. The highest BCUT2D eigenvalue weighted by Crippen LogP contribution is 2.34. The highest BCUT2D eigenvalue weighted by Gasteiger charge is 2.34. The maximum atomic E-state index is 13.3. The number of nitrogens with zero attached hydrogens (tertiary/aromatic N) is 2. The molecule has 0 spiro atoms. The number of aromatic nitrogens is 2. The summed E-state index contributed by atoms with van der Waals surface area (Å²) >= 11 is 1.50. The Kier molecular flexibility index (Phi) is 5.67. The molecule has 3 aromatic carbocycles. The lowest BCUT2D eigenvalue weighted by atomic mass is 9.99. The minimum Gasteiger partial charge on any atom is -0.294 e. The molecule has 0 atom stereocenters. The van der Waals surface area contributed by atoms with Gasteiger partial charge in [0.05, 0.1) is 16.0 Å². The van der Waals surface area contributed by atoms with Gasteiger partial charge < -0.3 is 0 Å². The zero-order chi connectivity index (χ0) is 25.5. The molecule has 1 aliphatic carbocycles. The van der Waals surface area contributed by atoms with E-state index >= 15 is 0 Å². The Morgan fingerprint density at radius 1 is 0.892 bits per heavy atom. The highest BCUT2D eigenvalue weighted by atomic mass is 32.1. The number of rotatable bonds is 3. The van der Waals surface area contributed by atoms with Gasteiger partial charge in [-0.3, -0.25) is 14.2 Å². The van der Waals surface area contributed by atoms with Gasteiger partial charge in [0.2, 0.25) is 0 Å². The summed E-state index contributed by atoms with van der Waals surface area (Å²) in [5.41, 5.74) is 6.60. The van der Waals surface area contributed by atoms with Crippen molar-refractivity contribution in [1.82, 2.24) is 9.55 Å². The Morgan fingerprint density at radius 2 is 1.57 bits per heavy atom. The number of hydrogen-bond acceptors (Lipinski definition) is 4. The molecule has 0 saturated carbocycles. The summed E-state index contributed by atoms with van der Waals surface area (Å²) in [6, 6.07) is 25.4. The average Bonchev–Trinajstić information content (AvgIpc) is 3.54. The first-order valence-electron chi connectivity index (χ1n) is 12.1. The van der Waals surface area contributed by atoms with E-state index in [1.165, 1.54) is 11.3 Å². The number of ketones is 2. The van der Waals surface area contributed by atoms with Crippen molar-refractivity contribution >= 4 is 39.3 Å². The van der Waals surface area contributed by atoms with Gasteiger partial charge in [-0.05, 0) is 78.9 Å². The zero-order valence-electron chi connectivity index (χ0n) is 20.4. The van der Waals surface area contributed by atoms with Crippen molar-refractivity contribution in [1.29, 1.82) is 0 Å². The molecule has 0 saturated heterocycles. The van der Waals surface area contributed by atoms with Gasteiger partial charge in [-0.1, -0.05) is 49.2 Å². The number of carbonyl (C=O) groups excluding carboxylic acids is 2. The third-order valence-electron chi connectivity index (χ3n) is 6.61. The molecule has 0 N–H and O–H groups in total. The van der Waals surface area contributed by atoms with E-state index < -0.39 is 0 Å². The number of aryl methyl sites for hydroxylation is 2. The summed E-state index contributed by atoms with van der Waals surface area (Å²) < 4.78 is 2.92. The van der Waals surface area contributed by atoms with Gasteiger partial charge in [0, 0.05) is 22.4 Å². The van der Waals surface area contributed by atoms with Crippen LogP contribution in [0.4, 0.5) is 0 Å². The first-order valence-corrected chi connectivity index (χ1v) is 12.9. The van der Waals surface area contributed by atoms with Gasteiger partial charge in [0.1, 0.15) is 0 Å². The Hall–Kier alpha value is -4.53. The Morgan fingerprint density at radius 3 is 2.27 bits per heavy atom. The van der Waals surface area contributed by atoms with E-state index in [2.05, 4.69) is 18.8 Å². The number of hydrogen-bond donors (Lipinski definition) is 0. The monoisotopic (exact) mass is 498 g/mol. The number of para-hydroxylation sites is 1. The van der Waals surface area contributed by atoms with E-state index in [1.807, 2.05) is 90.4 Å². The molecule has 0 radical (unpaired) electrons. The van der Waals surface area contributed by atoms with Gasteiger partial charge in [-0.15, -0.1) is 11.3 Å². The van der Waals surface area contributed by atoms with Crippen LogP contribution in [0.15, 0.2) is 84.4 Å². The van der Waals surface area contributed by atoms with E-state index in [1.54, 1.807) is 6.08 Å². The van der Waals surface area contributed by atoms with Crippen LogP contribution in [-0.2, 0) is 6.42 Å². The van der Waals surface area contributed by atoms with Gasteiger partial charge >= 0.3 is 0 Å². The molecule has 178 valence electrons. The molecule has 0 bridgehead atoms. The van der Waals surface area contributed by atoms with E-state index in [0.29, 0.717) is 16.1 Å². The van der Waals surface area contributed by atoms with Gasteiger partial charge in [-0.2, -0.15) is 0 Å². The van der Waals surface area contributed by atoms with Crippen molar-refractivity contribution in [3.63, 3.8) is 0 Å². The molecular weight excluding hydrogens is 476 g/mol. The van der Waals surface area contributed by atoms with Crippen LogP contribution in [0.3, 0.4) is 0 Å². The van der Waals surface area contributed by atoms with E-state index in [9.17, 15) is 9.59 Å². The van der Waals surface area contributed by atoms with Crippen LogP contribution < -0.4 is 0 Å². The van der Waals surface area contributed by atoms with E-state index in [-0.39, 0.29) is 17.1 Å². The third-order valence-corrected chi connectivity index (χ3v) is 7.52. The molecule has 0 aliphatic heterocycles. The third kappa shape index (κ3) is 4.02. The molecule has 6 rings (SSSR count). The molecule has 0 amide bonds. The van der Waals surface area contributed by atoms with Crippen LogP contribution in [0.2, 0.25) is 0 Å². The second-order valence-electron chi connectivity index (χ2n) is 8.96. The first-order chi connectivity index (χ1) is 18.0. The Labute approximate surface area is 218 Å². The molecule has 4 nitrogen and oxygen atoms in total. The normalized spacial score (nSPS) is 13.7. The van der Waals surface area contributed by atoms with Crippen molar-refractivity contribution in [2.24, 2.45) is 0 Å². The molecule has 2 heterocycles. The lowest BCUT2D eigenvalue weighted by Crippen LogP contribution is -2.03. The van der Waals surface area contributed by atoms with Crippen molar-refractivity contribution in [3.8, 4) is 17.5 Å². The minimum absolute atomic E-state index is 0.189. The highest BCUT2D eigenvalue weighted by molar-refractivity contribution is 7.19. The lowest BCUT2D eigenvalue weighted by molar-refractivity contribution is 0.0990. The number of allylic oxidation sites excluding steroid dienone is 1. The number of thiazole rings is 1. The predicted molar refractivity (Wildman–Crippen MR) is 149 cm³/mol. The topological polar surface area (TPSA) is 52.0 Å². The summed E-state index contributed by atoms with van der Waals surface area (Å²) in [5.74, 6) is 5.89. The van der Waals surface area contributed by atoms with Crippen LogP contribution >= 0.6 is 11.3 Å². The predicted octanol–water partition coefficient (Wildman–Crippen LogP) is 6.82. The van der Waals surface area contributed by atoms with Crippen LogP contribution in [0.1, 0.15) is 55.0 Å². The van der Waals surface area contributed by atoms with Crippen LogP contribution in [0.5, 0.6) is 0 Å². The molecule has 5 heteroatoms. The Bertz CT molecular complexity index is 1800. The molecule has 5 aromatic rings. The molecule has 2 aromatic heterocycles. The molecule has 0 unspecified atom stereocenters. The van der Waals surface area contributed by atoms with Crippen molar-refractivity contribution < 1.29 is 9.59 Å². The second-order valence-corrected chi connectivity index (χ2v) is 9.99. The fraction of sp³-hybridized carbons (Fsp3) is 0.0938. The fourth-order valence-corrected chi connectivity index (χ4v) is 5.59. The van der Waals surface area contributed by atoms with Gasteiger partial charge in [0.15, 0.2) is 22.2 Å². The van der Waals surface area contributed by atoms with Gasteiger partial charge in [0.25, 0.3) is 0 Å². The maximum absolute atomic E-state index is 13.3. The summed E-state index contributed by atoms with van der Waals surface area (Å²) in [5, 5.41) is 0.709. The van der Waals surface area contributed by atoms with Crippen LogP contribution in [0, 0.1) is 18.8 Å².